The summed E-state index contributed by atoms with van der Waals surface area (Å²) in [6.45, 7) is 0. The number of carbonyl (C=O) groups is 1. The van der Waals surface area contributed by atoms with Gasteiger partial charge in [0.05, 0.1) is 30.1 Å². The Hall–Kier alpha value is -2.21. The van der Waals surface area contributed by atoms with Crippen molar-refractivity contribution < 1.29 is 9.90 Å². The van der Waals surface area contributed by atoms with E-state index in [1.807, 2.05) is 24.3 Å². The Bertz CT molecular complexity index is 597. The Labute approximate surface area is 116 Å². The van der Waals surface area contributed by atoms with Crippen LogP contribution in [0, 0.1) is 5.92 Å². The van der Waals surface area contributed by atoms with Gasteiger partial charge in [0.25, 0.3) is 0 Å². The minimum Gasteiger partial charge on any atom is -0.392 e. The average molecular weight is 272 g/mol. The van der Waals surface area contributed by atoms with Gasteiger partial charge in [0.15, 0.2) is 0 Å². The summed E-state index contributed by atoms with van der Waals surface area (Å²) in [5.74, 6) is -0.421. The summed E-state index contributed by atoms with van der Waals surface area (Å²) in [4.78, 5) is 12.1. The molecule has 0 aliphatic heterocycles. The summed E-state index contributed by atoms with van der Waals surface area (Å²) in [5, 5.41) is 20.3. The third kappa shape index (κ3) is 2.55. The minimum absolute atomic E-state index is 0.120. The van der Waals surface area contributed by atoms with Gasteiger partial charge in [-0.1, -0.05) is 11.3 Å². The molecule has 6 heteroatoms. The van der Waals surface area contributed by atoms with Crippen LogP contribution in [0.1, 0.15) is 19.3 Å². The number of anilines is 1. The van der Waals surface area contributed by atoms with E-state index in [-0.39, 0.29) is 11.8 Å². The highest BCUT2D eigenvalue weighted by atomic mass is 16.3. The molecule has 1 aliphatic carbocycles. The van der Waals surface area contributed by atoms with E-state index in [1.54, 1.807) is 17.1 Å². The van der Waals surface area contributed by atoms with Gasteiger partial charge in [-0.25, -0.2) is 4.68 Å². The molecule has 1 heterocycles. The Balaban J connectivity index is 1.74. The van der Waals surface area contributed by atoms with Gasteiger partial charge < -0.3 is 10.4 Å². The molecule has 2 N–H and O–H groups in total. The van der Waals surface area contributed by atoms with Crippen molar-refractivity contribution in [2.75, 3.05) is 5.32 Å². The third-order valence-electron chi connectivity index (χ3n) is 3.62. The normalized spacial score (nSPS) is 21.9. The predicted octanol–water partition coefficient (Wildman–Crippen LogP) is 1.37. The van der Waals surface area contributed by atoms with Crippen LogP contribution in [0.15, 0.2) is 36.7 Å². The molecular formula is C14H16N4O2. The number of rotatable bonds is 3. The molecule has 3 rings (SSSR count). The van der Waals surface area contributed by atoms with Gasteiger partial charge in [-0.15, -0.1) is 5.10 Å². The molecular weight excluding hydrogens is 256 g/mol. The van der Waals surface area contributed by atoms with Crippen LogP contribution >= 0.6 is 0 Å². The maximum Gasteiger partial charge on any atom is 0.230 e. The fourth-order valence-corrected chi connectivity index (χ4v) is 2.55. The fourth-order valence-electron chi connectivity index (χ4n) is 2.55. The monoisotopic (exact) mass is 272 g/mol. The quantitative estimate of drug-likeness (QED) is 0.884. The summed E-state index contributed by atoms with van der Waals surface area (Å²) in [7, 11) is 0. The first-order chi connectivity index (χ1) is 9.74. The highest BCUT2D eigenvalue weighted by Crippen LogP contribution is 2.27. The number of aliphatic hydroxyl groups excluding tert-OH is 1. The molecule has 0 bridgehead atoms. The molecule has 2 aromatic rings. The van der Waals surface area contributed by atoms with Gasteiger partial charge in [0, 0.05) is 5.69 Å². The van der Waals surface area contributed by atoms with Crippen molar-refractivity contribution in [2.45, 2.75) is 25.4 Å². The molecule has 2 atom stereocenters. The highest BCUT2D eigenvalue weighted by molar-refractivity contribution is 5.93. The number of amides is 1. The molecule has 1 fully saturated rings. The van der Waals surface area contributed by atoms with Crippen LogP contribution in [0.2, 0.25) is 0 Å². The topological polar surface area (TPSA) is 80.0 Å². The smallest absolute Gasteiger partial charge is 0.230 e. The predicted molar refractivity (Wildman–Crippen MR) is 73.3 cm³/mol. The molecule has 0 radical (unpaired) electrons. The van der Waals surface area contributed by atoms with Gasteiger partial charge in [-0.2, -0.15) is 0 Å². The summed E-state index contributed by atoms with van der Waals surface area (Å²) in [6, 6.07) is 7.38. The van der Waals surface area contributed by atoms with Crippen molar-refractivity contribution in [1.82, 2.24) is 15.0 Å². The number of carbonyl (C=O) groups excluding carboxylic acids is 1. The van der Waals surface area contributed by atoms with E-state index in [9.17, 15) is 9.90 Å². The molecule has 1 aromatic carbocycles. The van der Waals surface area contributed by atoms with E-state index < -0.39 is 6.10 Å². The lowest BCUT2D eigenvalue weighted by Crippen LogP contribution is -2.28. The second-order valence-corrected chi connectivity index (χ2v) is 4.99. The van der Waals surface area contributed by atoms with Crippen molar-refractivity contribution in [3.05, 3.63) is 36.7 Å². The van der Waals surface area contributed by atoms with E-state index in [2.05, 4.69) is 15.6 Å². The van der Waals surface area contributed by atoms with Crippen LogP contribution in [-0.2, 0) is 4.79 Å². The van der Waals surface area contributed by atoms with Gasteiger partial charge in [-0.05, 0) is 37.5 Å². The number of nitrogens with zero attached hydrogens (tertiary/aromatic N) is 3. The SMILES string of the molecule is O=C(Nc1cccc(-n2ccnn2)c1)C1CCCC1O. The molecule has 0 saturated heterocycles. The molecule has 1 saturated carbocycles. The summed E-state index contributed by atoms with van der Waals surface area (Å²) >= 11 is 0. The largest absolute Gasteiger partial charge is 0.392 e. The third-order valence-corrected chi connectivity index (χ3v) is 3.62. The van der Waals surface area contributed by atoms with Crippen molar-refractivity contribution in [1.29, 1.82) is 0 Å². The first-order valence-electron chi connectivity index (χ1n) is 6.70. The number of hydrogen-bond acceptors (Lipinski definition) is 4. The lowest BCUT2D eigenvalue weighted by molar-refractivity contribution is -0.122. The van der Waals surface area contributed by atoms with Gasteiger partial charge in [0.1, 0.15) is 0 Å². The lowest BCUT2D eigenvalue weighted by atomic mass is 10.1. The standard InChI is InChI=1S/C14H16N4O2/c19-13-6-2-5-12(13)14(20)16-10-3-1-4-11(9-10)18-8-7-15-17-18/h1,3-4,7-9,12-13,19H,2,5-6H2,(H,16,20). The zero-order chi connectivity index (χ0) is 13.9. The molecule has 20 heavy (non-hydrogen) atoms. The molecule has 104 valence electrons. The maximum absolute atomic E-state index is 12.1. The van der Waals surface area contributed by atoms with Crippen LogP contribution in [0.3, 0.4) is 0 Å². The van der Waals surface area contributed by atoms with E-state index >= 15 is 0 Å². The van der Waals surface area contributed by atoms with Crippen molar-refractivity contribution in [3.8, 4) is 5.69 Å². The minimum atomic E-state index is -0.520. The van der Waals surface area contributed by atoms with Crippen molar-refractivity contribution in [2.24, 2.45) is 5.92 Å². The van der Waals surface area contributed by atoms with Crippen LogP contribution in [0.25, 0.3) is 5.69 Å². The van der Waals surface area contributed by atoms with Crippen LogP contribution in [0.4, 0.5) is 5.69 Å². The van der Waals surface area contributed by atoms with Crippen LogP contribution in [-0.4, -0.2) is 32.1 Å². The Morgan fingerprint density at radius 1 is 1.40 bits per heavy atom. The van der Waals surface area contributed by atoms with E-state index in [0.717, 1.165) is 18.5 Å². The number of hydrogen-bond donors (Lipinski definition) is 2. The highest BCUT2D eigenvalue weighted by Gasteiger charge is 2.31. The first-order valence-corrected chi connectivity index (χ1v) is 6.70. The van der Waals surface area contributed by atoms with E-state index in [0.29, 0.717) is 12.1 Å². The molecule has 2 unspecified atom stereocenters. The molecule has 1 aliphatic rings. The Kier molecular flexibility index (Phi) is 3.47. The second-order valence-electron chi connectivity index (χ2n) is 4.99. The summed E-state index contributed by atoms with van der Waals surface area (Å²) in [6.07, 6.45) is 5.17. The number of benzene rings is 1. The number of aromatic nitrogens is 3. The Morgan fingerprint density at radius 2 is 2.30 bits per heavy atom. The number of aliphatic hydroxyl groups is 1. The molecule has 6 nitrogen and oxygen atoms in total. The summed E-state index contributed by atoms with van der Waals surface area (Å²) < 4.78 is 1.63. The molecule has 1 aromatic heterocycles. The second kappa shape index (κ2) is 5.42. The lowest BCUT2D eigenvalue weighted by Gasteiger charge is -2.14. The van der Waals surface area contributed by atoms with Crippen LogP contribution < -0.4 is 5.32 Å². The van der Waals surface area contributed by atoms with Gasteiger partial charge in [-0.3, -0.25) is 4.79 Å². The molecule has 0 spiro atoms. The Morgan fingerprint density at radius 3 is 3.00 bits per heavy atom. The van der Waals surface area contributed by atoms with Crippen LogP contribution in [0.5, 0.6) is 0 Å². The molecule has 1 amide bonds. The zero-order valence-corrected chi connectivity index (χ0v) is 10.9. The van der Waals surface area contributed by atoms with E-state index in [1.165, 1.54) is 0 Å². The fraction of sp³-hybridized carbons (Fsp3) is 0.357. The number of nitrogens with one attached hydrogen (secondary N) is 1. The van der Waals surface area contributed by atoms with Gasteiger partial charge in [0.2, 0.25) is 5.91 Å². The van der Waals surface area contributed by atoms with Crippen molar-refractivity contribution >= 4 is 11.6 Å². The van der Waals surface area contributed by atoms with Crippen molar-refractivity contribution in [3.63, 3.8) is 0 Å². The zero-order valence-electron chi connectivity index (χ0n) is 10.9. The summed E-state index contributed by atoms with van der Waals surface area (Å²) in [5.41, 5.74) is 1.52. The first kappa shape index (κ1) is 12.8. The maximum atomic E-state index is 12.1. The average Bonchev–Trinajstić information content (AvgIpc) is 3.09. The van der Waals surface area contributed by atoms with Gasteiger partial charge >= 0.3 is 0 Å². The van der Waals surface area contributed by atoms with E-state index in [4.69, 9.17) is 0 Å².